The van der Waals surface area contributed by atoms with Gasteiger partial charge in [-0.2, -0.15) is 0 Å². The molecule has 21 heavy (non-hydrogen) atoms. The van der Waals surface area contributed by atoms with E-state index in [1.807, 2.05) is 0 Å². The van der Waals surface area contributed by atoms with Crippen molar-refractivity contribution in [1.82, 2.24) is 10.2 Å². The summed E-state index contributed by atoms with van der Waals surface area (Å²) in [4.78, 5) is 2.40. The van der Waals surface area contributed by atoms with E-state index in [2.05, 4.69) is 44.8 Å². The summed E-state index contributed by atoms with van der Waals surface area (Å²) < 4.78 is 23.7. The number of rotatable bonds is 6. The third-order valence-corrected chi connectivity index (χ3v) is 6.59. The highest BCUT2D eigenvalue weighted by Gasteiger charge is 2.36. The zero-order valence-electron chi connectivity index (χ0n) is 14.6. The van der Waals surface area contributed by atoms with Crippen molar-refractivity contribution in [2.24, 2.45) is 11.3 Å². The van der Waals surface area contributed by atoms with Crippen LogP contribution < -0.4 is 5.32 Å². The quantitative estimate of drug-likeness (QED) is 0.815. The van der Waals surface area contributed by atoms with Gasteiger partial charge >= 0.3 is 0 Å². The van der Waals surface area contributed by atoms with Crippen molar-refractivity contribution in [1.29, 1.82) is 0 Å². The molecule has 1 N–H and O–H groups in total. The van der Waals surface area contributed by atoms with Crippen LogP contribution in [0.2, 0.25) is 0 Å². The zero-order valence-corrected chi connectivity index (χ0v) is 15.5. The van der Waals surface area contributed by atoms with Crippen molar-refractivity contribution in [3.63, 3.8) is 0 Å². The van der Waals surface area contributed by atoms with Crippen LogP contribution in [0.25, 0.3) is 0 Å². The molecular formula is C16H34N2O2S. The maximum Gasteiger partial charge on any atom is 0.151 e. The Morgan fingerprint density at radius 2 is 1.90 bits per heavy atom. The average Bonchev–Trinajstić information content (AvgIpc) is 2.43. The zero-order chi connectivity index (χ0) is 16.3. The van der Waals surface area contributed by atoms with Gasteiger partial charge in [0.15, 0.2) is 9.84 Å². The van der Waals surface area contributed by atoms with Gasteiger partial charge in [0.25, 0.3) is 0 Å². The molecule has 1 fully saturated rings. The van der Waals surface area contributed by atoms with Gasteiger partial charge in [0.05, 0.1) is 5.75 Å². The second kappa shape index (κ2) is 7.42. The van der Waals surface area contributed by atoms with E-state index in [0.717, 1.165) is 19.5 Å². The molecule has 1 aliphatic rings. The number of hydrogen-bond donors (Lipinski definition) is 1. The lowest BCUT2D eigenvalue weighted by Crippen LogP contribution is -2.62. The van der Waals surface area contributed by atoms with Crippen LogP contribution in [-0.2, 0) is 9.84 Å². The SMILES string of the molecule is CCC(C)C1CN(CCS(=O)(=O)CC)C(C(C)(C)C)CN1. The minimum absolute atomic E-state index is 0.156. The Morgan fingerprint density at radius 1 is 1.29 bits per heavy atom. The van der Waals surface area contributed by atoms with Gasteiger partial charge in [-0.3, -0.25) is 4.90 Å². The first kappa shape index (κ1) is 18.9. The Labute approximate surface area is 131 Å². The van der Waals surface area contributed by atoms with Gasteiger partial charge in [-0.05, 0) is 11.3 Å². The normalized spacial score (nSPS) is 26.8. The number of sulfone groups is 1. The molecule has 126 valence electrons. The standard InChI is InChI=1S/C16H34N2O2S/c1-7-13(3)14-12-18(9-10-21(19,20)8-2)15(11-17-14)16(4,5)6/h13-15,17H,7-12H2,1-6H3. The van der Waals surface area contributed by atoms with Gasteiger partial charge in [0.2, 0.25) is 0 Å². The van der Waals surface area contributed by atoms with E-state index in [4.69, 9.17) is 0 Å². The predicted octanol–water partition coefficient (Wildman–Crippen LogP) is 2.16. The van der Waals surface area contributed by atoms with Crippen molar-refractivity contribution in [2.75, 3.05) is 31.1 Å². The van der Waals surface area contributed by atoms with Crippen LogP contribution in [0.5, 0.6) is 0 Å². The van der Waals surface area contributed by atoms with Crippen LogP contribution in [0.1, 0.15) is 48.0 Å². The summed E-state index contributed by atoms with van der Waals surface area (Å²) in [6.45, 7) is 15.5. The first-order valence-electron chi connectivity index (χ1n) is 8.28. The first-order valence-corrected chi connectivity index (χ1v) is 10.1. The van der Waals surface area contributed by atoms with E-state index < -0.39 is 9.84 Å². The topological polar surface area (TPSA) is 49.4 Å². The third kappa shape index (κ3) is 5.53. The molecule has 0 aromatic rings. The molecule has 0 aliphatic carbocycles. The van der Waals surface area contributed by atoms with Crippen molar-refractivity contribution in [2.45, 2.75) is 60.0 Å². The minimum Gasteiger partial charge on any atom is -0.311 e. The van der Waals surface area contributed by atoms with Crippen LogP contribution in [0.15, 0.2) is 0 Å². The Bertz CT molecular complexity index is 414. The summed E-state index contributed by atoms with van der Waals surface area (Å²) >= 11 is 0. The lowest BCUT2D eigenvalue weighted by atomic mass is 9.82. The number of hydrogen-bond acceptors (Lipinski definition) is 4. The summed E-state index contributed by atoms with van der Waals surface area (Å²) in [6, 6.07) is 0.864. The van der Waals surface area contributed by atoms with E-state index in [1.165, 1.54) is 0 Å². The van der Waals surface area contributed by atoms with Gasteiger partial charge < -0.3 is 5.32 Å². The highest BCUT2D eigenvalue weighted by atomic mass is 32.2. The third-order valence-electron chi connectivity index (χ3n) is 4.91. The fourth-order valence-corrected chi connectivity index (χ4v) is 3.81. The summed E-state index contributed by atoms with van der Waals surface area (Å²) in [7, 11) is -2.89. The van der Waals surface area contributed by atoms with Crippen molar-refractivity contribution < 1.29 is 8.42 Å². The molecule has 1 aliphatic heterocycles. The molecule has 0 aromatic heterocycles. The number of piperazine rings is 1. The molecule has 0 radical (unpaired) electrons. The number of nitrogens with zero attached hydrogens (tertiary/aromatic N) is 1. The van der Waals surface area contributed by atoms with Gasteiger partial charge in [-0.25, -0.2) is 8.42 Å². The summed E-state index contributed by atoms with van der Waals surface area (Å²) in [5.41, 5.74) is 0.156. The van der Waals surface area contributed by atoms with Crippen LogP contribution in [-0.4, -0.2) is 56.5 Å². The summed E-state index contributed by atoms with van der Waals surface area (Å²) in [5, 5.41) is 3.68. The maximum absolute atomic E-state index is 11.8. The highest BCUT2D eigenvalue weighted by Crippen LogP contribution is 2.28. The first-order chi connectivity index (χ1) is 9.60. The van der Waals surface area contributed by atoms with Crippen LogP contribution in [0.3, 0.4) is 0 Å². The van der Waals surface area contributed by atoms with Gasteiger partial charge in [0.1, 0.15) is 0 Å². The Hall–Kier alpha value is -0.130. The molecule has 1 rings (SSSR count). The summed E-state index contributed by atoms with van der Waals surface area (Å²) in [5.74, 6) is 1.15. The van der Waals surface area contributed by atoms with Gasteiger partial charge in [-0.1, -0.05) is 48.0 Å². The largest absolute Gasteiger partial charge is 0.311 e. The summed E-state index contributed by atoms with van der Waals surface area (Å²) in [6.07, 6.45) is 1.15. The van der Waals surface area contributed by atoms with E-state index in [9.17, 15) is 8.42 Å². The van der Waals surface area contributed by atoms with Crippen LogP contribution in [0, 0.1) is 11.3 Å². The molecule has 3 unspecified atom stereocenters. The van der Waals surface area contributed by atoms with Crippen molar-refractivity contribution in [3.8, 4) is 0 Å². The number of nitrogens with one attached hydrogen (secondary N) is 1. The lowest BCUT2D eigenvalue weighted by Gasteiger charge is -2.47. The fourth-order valence-electron chi connectivity index (χ4n) is 3.00. The second-order valence-electron chi connectivity index (χ2n) is 7.51. The van der Waals surface area contributed by atoms with Crippen LogP contribution in [0.4, 0.5) is 0 Å². The molecular weight excluding hydrogens is 284 g/mol. The molecule has 1 saturated heterocycles. The van der Waals surface area contributed by atoms with E-state index >= 15 is 0 Å². The maximum atomic E-state index is 11.8. The molecule has 0 amide bonds. The Balaban J connectivity index is 2.79. The van der Waals surface area contributed by atoms with E-state index in [0.29, 0.717) is 24.5 Å². The molecule has 1 heterocycles. The Kier molecular flexibility index (Phi) is 6.69. The predicted molar refractivity (Wildman–Crippen MR) is 90.4 cm³/mol. The van der Waals surface area contributed by atoms with Gasteiger partial charge in [-0.15, -0.1) is 0 Å². The molecule has 0 spiro atoms. The van der Waals surface area contributed by atoms with Crippen molar-refractivity contribution >= 4 is 9.84 Å². The molecule has 0 bridgehead atoms. The lowest BCUT2D eigenvalue weighted by molar-refractivity contribution is 0.0490. The highest BCUT2D eigenvalue weighted by molar-refractivity contribution is 7.91. The molecule has 4 nitrogen and oxygen atoms in total. The molecule has 0 aromatic carbocycles. The fraction of sp³-hybridized carbons (Fsp3) is 1.00. The minimum atomic E-state index is -2.89. The average molecular weight is 319 g/mol. The second-order valence-corrected chi connectivity index (χ2v) is 9.99. The van der Waals surface area contributed by atoms with Crippen molar-refractivity contribution in [3.05, 3.63) is 0 Å². The molecule has 0 saturated carbocycles. The Morgan fingerprint density at radius 3 is 2.38 bits per heavy atom. The smallest absolute Gasteiger partial charge is 0.151 e. The van der Waals surface area contributed by atoms with Gasteiger partial charge in [0, 0.05) is 37.5 Å². The molecule has 3 atom stereocenters. The van der Waals surface area contributed by atoms with E-state index in [-0.39, 0.29) is 16.9 Å². The monoisotopic (exact) mass is 318 g/mol. The molecule has 5 heteroatoms. The van der Waals surface area contributed by atoms with E-state index in [1.54, 1.807) is 6.92 Å². The van der Waals surface area contributed by atoms with Crippen LogP contribution >= 0.6 is 0 Å².